The van der Waals surface area contributed by atoms with E-state index in [-0.39, 0.29) is 10.5 Å². The van der Waals surface area contributed by atoms with Crippen LogP contribution in [-0.4, -0.2) is 18.9 Å². The van der Waals surface area contributed by atoms with Crippen LogP contribution in [0.4, 0.5) is 0 Å². The number of sulfone groups is 1. The molecule has 0 aliphatic carbocycles. The first-order valence-electron chi connectivity index (χ1n) is 4.35. The maximum Gasteiger partial charge on any atom is 0.155 e. The molecule has 0 saturated carbocycles. The lowest BCUT2D eigenvalue weighted by atomic mass is 10.1. The van der Waals surface area contributed by atoms with E-state index < -0.39 is 9.84 Å². The first kappa shape index (κ1) is 9.04. The molecule has 0 amide bonds. The quantitative estimate of drug-likeness (QED) is 0.642. The highest BCUT2D eigenvalue weighted by atomic mass is 32.2. The minimum Gasteiger partial charge on any atom is -0.228 e. The highest BCUT2D eigenvalue weighted by Gasteiger charge is 2.37. The van der Waals surface area contributed by atoms with Gasteiger partial charge in [-0.3, -0.25) is 0 Å². The SMILES string of the molecule is CCC1CCC(CC)S1(=O)=O. The van der Waals surface area contributed by atoms with Gasteiger partial charge < -0.3 is 0 Å². The molecule has 0 N–H and O–H groups in total. The molecule has 11 heavy (non-hydrogen) atoms. The zero-order chi connectivity index (χ0) is 8.48. The van der Waals surface area contributed by atoms with Crippen LogP contribution < -0.4 is 0 Å². The van der Waals surface area contributed by atoms with Crippen LogP contribution in [0, 0.1) is 0 Å². The molecule has 2 nitrogen and oxygen atoms in total. The highest BCUT2D eigenvalue weighted by molar-refractivity contribution is 7.92. The summed E-state index contributed by atoms with van der Waals surface area (Å²) in [5.41, 5.74) is 0. The van der Waals surface area contributed by atoms with Gasteiger partial charge in [-0.15, -0.1) is 0 Å². The van der Waals surface area contributed by atoms with Crippen LogP contribution in [0.25, 0.3) is 0 Å². The van der Waals surface area contributed by atoms with E-state index >= 15 is 0 Å². The van der Waals surface area contributed by atoms with E-state index in [1.807, 2.05) is 13.8 Å². The summed E-state index contributed by atoms with van der Waals surface area (Å²) in [6, 6.07) is 0. The largest absolute Gasteiger partial charge is 0.228 e. The molecule has 66 valence electrons. The third-order valence-electron chi connectivity index (χ3n) is 2.65. The number of rotatable bonds is 2. The van der Waals surface area contributed by atoms with Gasteiger partial charge in [-0.2, -0.15) is 0 Å². The minimum atomic E-state index is -2.73. The van der Waals surface area contributed by atoms with Crippen LogP contribution in [0.5, 0.6) is 0 Å². The van der Waals surface area contributed by atoms with Crippen LogP contribution in [0.2, 0.25) is 0 Å². The zero-order valence-corrected chi connectivity index (χ0v) is 8.02. The second-order valence-corrected chi connectivity index (χ2v) is 5.74. The minimum absolute atomic E-state index is 0.0348. The Hall–Kier alpha value is -0.0500. The molecule has 1 aliphatic heterocycles. The smallest absolute Gasteiger partial charge is 0.155 e. The zero-order valence-electron chi connectivity index (χ0n) is 7.21. The van der Waals surface area contributed by atoms with Gasteiger partial charge in [-0.1, -0.05) is 13.8 Å². The Labute approximate surface area is 68.9 Å². The van der Waals surface area contributed by atoms with Gasteiger partial charge in [0.25, 0.3) is 0 Å². The Morgan fingerprint density at radius 2 is 1.45 bits per heavy atom. The third-order valence-corrected chi connectivity index (χ3v) is 5.65. The predicted molar refractivity (Wildman–Crippen MR) is 46.3 cm³/mol. The van der Waals surface area contributed by atoms with Crippen molar-refractivity contribution >= 4 is 9.84 Å². The average Bonchev–Trinajstić information content (AvgIpc) is 2.24. The summed E-state index contributed by atoms with van der Waals surface area (Å²) in [7, 11) is -2.73. The Kier molecular flexibility index (Phi) is 2.58. The fourth-order valence-corrected chi connectivity index (χ4v) is 4.25. The van der Waals surface area contributed by atoms with Crippen molar-refractivity contribution in [1.29, 1.82) is 0 Å². The van der Waals surface area contributed by atoms with Crippen molar-refractivity contribution in [1.82, 2.24) is 0 Å². The monoisotopic (exact) mass is 176 g/mol. The topological polar surface area (TPSA) is 34.1 Å². The summed E-state index contributed by atoms with van der Waals surface area (Å²) in [5, 5.41) is -0.0695. The second-order valence-electron chi connectivity index (χ2n) is 3.23. The fourth-order valence-electron chi connectivity index (χ4n) is 1.85. The van der Waals surface area contributed by atoms with E-state index in [9.17, 15) is 8.42 Å². The molecule has 2 unspecified atom stereocenters. The van der Waals surface area contributed by atoms with Gasteiger partial charge >= 0.3 is 0 Å². The molecule has 0 bridgehead atoms. The van der Waals surface area contributed by atoms with Gasteiger partial charge in [0.2, 0.25) is 0 Å². The lowest BCUT2D eigenvalue weighted by Crippen LogP contribution is -2.21. The summed E-state index contributed by atoms with van der Waals surface area (Å²) >= 11 is 0. The molecule has 2 atom stereocenters. The molecule has 1 rings (SSSR count). The van der Waals surface area contributed by atoms with Crippen molar-refractivity contribution in [3.8, 4) is 0 Å². The Balaban J connectivity index is 2.81. The summed E-state index contributed by atoms with van der Waals surface area (Å²) in [4.78, 5) is 0. The molecule has 1 heterocycles. The molecular formula is C8H16O2S. The summed E-state index contributed by atoms with van der Waals surface area (Å²) < 4.78 is 23.1. The highest BCUT2D eigenvalue weighted by Crippen LogP contribution is 2.30. The molecule has 1 fully saturated rings. The van der Waals surface area contributed by atoms with Crippen LogP contribution in [0.3, 0.4) is 0 Å². The molecule has 0 aromatic heterocycles. The lowest BCUT2D eigenvalue weighted by Gasteiger charge is -2.08. The van der Waals surface area contributed by atoms with Crippen LogP contribution in [0.1, 0.15) is 39.5 Å². The third kappa shape index (κ3) is 1.43. The van der Waals surface area contributed by atoms with Gasteiger partial charge in [-0.25, -0.2) is 8.42 Å². The number of hydrogen-bond donors (Lipinski definition) is 0. The average molecular weight is 176 g/mol. The molecule has 1 saturated heterocycles. The summed E-state index contributed by atoms with van der Waals surface area (Å²) in [6.45, 7) is 3.92. The van der Waals surface area contributed by atoms with Crippen LogP contribution >= 0.6 is 0 Å². The summed E-state index contributed by atoms with van der Waals surface area (Å²) in [6.07, 6.45) is 3.35. The van der Waals surface area contributed by atoms with Crippen LogP contribution in [-0.2, 0) is 9.84 Å². The van der Waals surface area contributed by atoms with Gasteiger partial charge in [0.1, 0.15) is 0 Å². The van der Waals surface area contributed by atoms with E-state index in [2.05, 4.69) is 0 Å². The predicted octanol–water partition coefficient (Wildman–Crippen LogP) is 1.75. The normalized spacial score (nSPS) is 35.8. The van der Waals surface area contributed by atoms with E-state index in [1.54, 1.807) is 0 Å². The fraction of sp³-hybridized carbons (Fsp3) is 1.00. The van der Waals surface area contributed by atoms with E-state index in [0.29, 0.717) is 0 Å². The molecule has 0 aromatic carbocycles. The molecule has 3 heteroatoms. The van der Waals surface area contributed by atoms with Crippen molar-refractivity contribution in [2.75, 3.05) is 0 Å². The Morgan fingerprint density at radius 1 is 1.09 bits per heavy atom. The van der Waals surface area contributed by atoms with Crippen molar-refractivity contribution in [2.45, 2.75) is 50.0 Å². The molecular weight excluding hydrogens is 160 g/mol. The second kappa shape index (κ2) is 3.13. The van der Waals surface area contributed by atoms with Crippen LogP contribution in [0.15, 0.2) is 0 Å². The first-order valence-corrected chi connectivity index (χ1v) is 5.96. The first-order chi connectivity index (χ1) is 5.12. The Bertz CT molecular complexity index is 200. The van der Waals surface area contributed by atoms with Gasteiger partial charge in [0, 0.05) is 0 Å². The maximum absolute atomic E-state index is 11.6. The van der Waals surface area contributed by atoms with Crippen molar-refractivity contribution in [2.24, 2.45) is 0 Å². The van der Waals surface area contributed by atoms with E-state index in [4.69, 9.17) is 0 Å². The molecule has 0 radical (unpaired) electrons. The lowest BCUT2D eigenvalue weighted by molar-refractivity contribution is 0.578. The molecule has 0 spiro atoms. The van der Waals surface area contributed by atoms with Gasteiger partial charge in [0.15, 0.2) is 9.84 Å². The molecule has 0 aromatic rings. The van der Waals surface area contributed by atoms with E-state index in [0.717, 1.165) is 25.7 Å². The number of hydrogen-bond acceptors (Lipinski definition) is 2. The Morgan fingerprint density at radius 3 is 1.64 bits per heavy atom. The van der Waals surface area contributed by atoms with Crippen molar-refractivity contribution < 1.29 is 8.42 Å². The van der Waals surface area contributed by atoms with Crippen molar-refractivity contribution in [3.63, 3.8) is 0 Å². The van der Waals surface area contributed by atoms with Crippen molar-refractivity contribution in [3.05, 3.63) is 0 Å². The molecule has 1 aliphatic rings. The van der Waals surface area contributed by atoms with E-state index in [1.165, 1.54) is 0 Å². The summed E-state index contributed by atoms with van der Waals surface area (Å²) in [5.74, 6) is 0. The standard InChI is InChI=1S/C8H16O2S/c1-3-7-5-6-8(4-2)11(7,9)10/h7-8H,3-6H2,1-2H3. The van der Waals surface area contributed by atoms with Gasteiger partial charge in [-0.05, 0) is 25.7 Å². The van der Waals surface area contributed by atoms with Gasteiger partial charge in [0.05, 0.1) is 10.5 Å². The maximum atomic E-state index is 11.6.